The Balaban J connectivity index is 0.000000902. The zero-order chi connectivity index (χ0) is 11.7. The van der Waals surface area contributed by atoms with Gasteiger partial charge in [-0.15, -0.1) is 24.8 Å². The van der Waals surface area contributed by atoms with Gasteiger partial charge in [-0.25, -0.2) is 0 Å². The van der Waals surface area contributed by atoms with E-state index in [1.807, 2.05) is 6.07 Å². The van der Waals surface area contributed by atoms with Crippen molar-refractivity contribution >= 4 is 36.4 Å². The normalized spacial score (nSPS) is 21.1. The first-order valence-corrected chi connectivity index (χ1v) is 6.92. The average molecular weight is 324 g/mol. The van der Waals surface area contributed by atoms with Crippen molar-refractivity contribution in [1.82, 2.24) is 10.2 Å². The highest BCUT2D eigenvalue weighted by Crippen LogP contribution is 2.44. The zero-order valence-electron chi connectivity index (χ0n) is 10.8. The number of nitrogens with one attached hydrogen (secondary N) is 1. The highest BCUT2D eigenvalue weighted by Gasteiger charge is 2.36. The van der Waals surface area contributed by atoms with Crippen LogP contribution in [-0.2, 0) is 0 Å². The highest BCUT2D eigenvalue weighted by atomic mass is 35.5. The molecule has 0 amide bonds. The second-order valence-corrected chi connectivity index (χ2v) is 5.56. The molecule has 0 bridgehead atoms. The largest absolute Gasteiger partial charge is 0.314 e. The van der Waals surface area contributed by atoms with Gasteiger partial charge in [0.1, 0.15) is 0 Å². The number of benzene rings is 1. The molecule has 1 aliphatic heterocycles. The minimum absolute atomic E-state index is 0. The molecule has 3 rings (SSSR count). The van der Waals surface area contributed by atoms with Gasteiger partial charge >= 0.3 is 0 Å². The molecular formula is C14H21Cl3N2. The zero-order valence-corrected chi connectivity index (χ0v) is 13.2. The summed E-state index contributed by atoms with van der Waals surface area (Å²) in [5.74, 6) is 0.853. The van der Waals surface area contributed by atoms with Gasteiger partial charge in [0.2, 0.25) is 0 Å². The number of piperazine rings is 1. The topological polar surface area (TPSA) is 15.3 Å². The van der Waals surface area contributed by atoms with E-state index in [1.165, 1.54) is 18.4 Å². The Hall–Kier alpha value is 0.01000. The summed E-state index contributed by atoms with van der Waals surface area (Å²) >= 11 is 6.12. The molecule has 108 valence electrons. The van der Waals surface area contributed by atoms with E-state index in [-0.39, 0.29) is 24.8 Å². The van der Waals surface area contributed by atoms with Gasteiger partial charge in [0.15, 0.2) is 0 Å². The number of rotatable bonds is 3. The average Bonchev–Trinajstić information content (AvgIpc) is 3.15. The molecule has 1 saturated carbocycles. The molecule has 1 N–H and O–H groups in total. The van der Waals surface area contributed by atoms with Crippen molar-refractivity contribution in [3.63, 3.8) is 0 Å². The molecule has 1 saturated heterocycles. The molecule has 0 spiro atoms. The minimum atomic E-state index is 0. The van der Waals surface area contributed by atoms with E-state index < -0.39 is 0 Å². The van der Waals surface area contributed by atoms with Gasteiger partial charge in [0, 0.05) is 37.2 Å². The predicted molar refractivity (Wildman–Crippen MR) is 85.9 cm³/mol. The maximum absolute atomic E-state index is 6.12. The van der Waals surface area contributed by atoms with Gasteiger partial charge in [-0.3, -0.25) is 4.90 Å². The van der Waals surface area contributed by atoms with Gasteiger partial charge in [-0.05, 0) is 36.5 Å². The summed E-state index contributed by atoms with van der Waals surface area (Å²) in [6, 6.07) is 9.02. The lowest BCUT2D eigenvalue weighted by molar-refractivity contribution is 0.156. The van der Waals surface area contributed by atoms with Crippen LogP contribution in [0.2, 0.25) is 5.02 Å². The van der Waals surface area contributed by atoms with E-state index in [9.17, 15) is 0 Å². The van der Waals surface area contributed by atoms with Crippen LogP contribution in [0.1, 0.15) is 24.4 Å². The first kappa shape index (κ1) is 17.1. The van der Waals surface area contributed by atoms with Crippen molar-refractivity contribution in [1.29, 1.82) is 0 Å². The number of nitrogens with zero attached hydrogens (tertiary/aromatic N) is 1. The molecule has 1 aromatic carbocycles. The van der Waals surface area contributed by atoms with Crippen LogP contribution < -0.4 is 5.32 Å². The van der Waals surface area contributed by atoms with Crippen LogP contribution in [-0.4, -0.2) is 31.1 Å². The molecule has 1 aromatic rings. The lowest BCUT2D eigenvalue weighted by Gasteiger charge is -2.35. The molecule has 0 radical (unpaired) electrons. The summed E-state index contributed by atoms with van der Waals surface area (Å²) in [7, 11) is 0. The number of hydrogen-bond donors (Lipinski definition) is 1. The third kappa shape index (κ3) is 4.24. The lowest BCUT2D eigenvalue weighted by Crippen LogP contribution is -2.45. The molecule has 2 nitrogen and oxygen atoms in total. The molecule has 1 heterocycles. The standard InChI is InChI=1S/C14H19ClN2.2ClH/c15-13-3-1-2-12(10-13)14(11-4-5-11)17-8-6-16-7-9-17;;/h1-3,10-11,14,16H,4-9H2;2*1H/t14-;;/m0../s1. The lowest BCUT2D eigenvalue weighted by atomic mass is 10.00. The van der Waals surface area contributed by atoms with E-state index >= 15 is 0 Å². The Bertz CT molecular complexity index is 390. The Morgan fingerprint density at radius 3 is 2.42 bits per heavy atom. The maximum atomic E-state index is 6.12. The molecule has 2 fully saturated rings. The van der Waals surface area contributed by atoms with Crippen molar-refractivity contribution in [2.75, 3.05) is 26.2 Å². The molecule has 0 unspecified atom stereocenters. The summed E-state index contributed by atoms with van der Waals surface area (Å²) in [4.78, 5) is 2.62. The Labute approximate surface area is 132 Å². The third-order valence-electron chi connectivity index (χ3n) is 3.80. The number of hydrogen-bond acceptors (Lipinski definition) is 2. The van der Waals surface area contributed by atoms with Gasteiger partial charge in [-0.2, -0.15) is 0 Å². The molecule has 1 aliphatic carbocycles. The smallest absolute Gasteiger partial charge is 0.0409 e. The summed E-state index contributed by atoms with van der Waals surface area (Å²) in [6.07, 6.45) is 2.75. The molecule has 1 atom stereocenters. The molecular weight excluding hydrogens is 303 g/mol. The molecule has 0 aromatic heterocycles. The van der Waals surface area contributed by atoms with Gasteiger partial charge in [0.05, 0.1) is 0 Å². The van der Waals surface area contributed by atoms with E-state index in [4.69, 9.17) is 11.6 Å². The Kier molecular flexibility index (Phi) is 6.92. The first-order valence-electron chi connectivity index (χ1n) is 6.55. The second kappa shape index (κ2) is 7.70. The Morgan fingerprint density at radius 1 is 1.16 bits per heavy atom. The maximum Gasteiger partial charge on any atom is 0.0409 e. The van der Waals surface area contributed by atoms with E-state index in [0.717, 1.165) is 37.1 Å². The number of halogens is 3. The second-order valence-electron chi connectivity index (χ2n) is 5.12. The van der Waals surface area contributed by atoms with Crippen LogP contribution in [0.5, 0.6) is 0 Å². The van der Waals surface area contributed by atoms with Crippen molar-refractivity contribution in [3.8, 4) is 0 Å². The molecule has 19 heavy (non-hydrogen) atoms. The van der Waals surface area contributed by atoms with Crippen LogP contribution in [0.3, 0.4) is 0 Å². The SMILES string of the molecule is Cl.Cl.Clc1cccc([C@H](C2CC2)N2CCNCC2)c1. The van der Waals surface area contributed by atoms with Crippen molar-refractivity contribution in [2.24, 2.45) is 5.92 Å². The third-order valence-corrected chi connectivity index (χ3v) is 4.04. The summed E-state index contributed by atoms with van der Waals surface area (Å²) in [6.45, 7) is 4.55. The summed E-state index contributed by atoms with van der Waals surface area (Å²) < 4.78 is 0. The van der Waals surface area contributed by atoms with Crippen molar-refractivity contribution < 1.29 is 0 Å². The summed E-state index contributed by atoms with van der Waals surface area (Å²) in [5.41, 5.74) is 1.40. The van der Waals surface area contributed by atoms with E-state index in [1.54, 1.807) is 0 Å². The summed E-state index contributed by atoms with van der Waals surface area (Å²) in [5, 5.41) is 4.29. The Morgan fingerprint density at radius 2 is 1.84 bits per heavy atom. The van der Waals surface area contributed by atoms with E-state index in [2.05, 4.69) is 28.4 Å². The molecule has 2 aliphatic rings. The fraction of sp³-hybridized carbons (Fsp3) is 0.571. The fourth-order valence-corrected chi connectivity index (χ4v) is 3.04. The predicted octanol–water partition coefficient (Wildman–Crippen LogP) is 3.54. The quantitative estimate of drug-likeness (QED) is 0.915. The van der Waals surface area contributed by atoms with Gasteiger partial charge in [0.25, 0.3) is 0 Å². The highest BCUT2D eigenvalue weighted by molar-refractivity contribution is 6.30. The molecule has 5 heteroatoms. The van der Waals surface area contributed by atoms with Crippen molar-refractivity contribution in [2.45, 2.75) is 18.9 Å². The van der Waals surface area contributed by atoms with Crippen LogP contribution in [0.25, 0.3) is 0 Å². The van der Waals surface area contributed by atoms with Crippen LogP contribution in [0.15, 0.2) is 24.3 Å². The van der Waals surface area contributed by atoms with Crippen LogP contribution in [0.4, 0.5) is 0 Å². The van der Waals surface area contributed by atoms with Gasteiger partial charge in [-0.1, -0.05) is 23.7 Å². The fourth-order valence-electron chi connectivity index (χ4n) is 2.84. The van der Waals surface area contributed by atoms with Crippen LogP contribution >= 0.6 is 36.4 Å². The van der Waals surface area contributed by atoms with Crippen molar-refractivity contribution in [3.05, 3.63) is 34.9 Å². The van der Waals surface area contributed by atoms with Crippen LogP contribution in [0, 0.1) is 5.92 Å². The first-order chi connectivity index (χ1) is 8.34. The van der Waals surface area contributed by atoms with E-state index in [0.29, 0.717) is 6.04 Å². The monoisotopic (exact) mass is 322 g/mol. The minimum Gasteiger partial charge on any atom is -0.314 e. The van der Waals surface area contributed by atoms with Gasteiger partial charge < -0.3 is 5.32 Å².